The summed E-state index contributed by atoms with van der Waals surface area (Å²) in [6, 6.07) is 26.0. The summed E-state index contributed by atoms with van der Waals surface area (Å²) in [5.74, 6) is 3.10. The third-order valence-electron chi connectivity index (χ3n) is 5.21. The van der Waals surface area contributed by atoms with Crippen LogP contribution < -0.4 is 19.5 Å². The first-order valence-electron chi connectivity index (χ1n) is 11.1. The van der Waals surface area contributed by atoms with Crippen molar-refractivity contribution in [3.63, 3.8) is 0 Å². The fraction of sp³-hybridized carbons (Fsp3) is 0.333. The fourth-order valence-electron chi connectivity index (χ4n) is 3.29. The zero-order valence-corrected chi connectivity index (χ0v) is 18.7. The largest absolute Gasteiger partial charge is 0.490 e. The fourth-order valence-corrected chi connectivity index (χ4v) is 3.29. The summed E-state index contributed by atoms with van der Waals surface area (Å²) in [7, 11) is 0. The van der Waals surface area contributed by atoms with Gasteiger partial charge in [-0.2, -0.15) is 0 Å². The van der Waals surface area contributed by atoms with Crippen molar-refractivity contribution >= 4 is 5.69 Å². The van der Waals surface area contributed by atoms with Gasteiger partial charge in [0.1, 0.15) is 36.6 Å². The Hall–Kier alpha value is -3.14. The van der Waals surface area contributed by atoms with Crippen molar-refractivity contribution in [1.29, 1.82) is 0 Å². The van der Waals surface area contributed by atoms with E-state index in [1.165, 1.54) is 5.56 Å². The zero-order chi connectivity index (χ0) is 21.9. The Kier molecular flexibility index (Phi) is 8.65. The normalized spacial score (nSPS) is 12.6. The van der Waals surface area contributed by atoms with Gasteiger partial charge in [-0.3, -0.25) is 0 Å². The van der Waals surface area contributed by atoms with E-state index >= 15 is 0 Å². The predicted octanol–water partition coefficient (Wildman–Crippen LogP) is 6.54. The Morgan fingerprint density at radius 3 is 2.16 bits per heavy atom. The SMILES string of the molecule is CCC(C)c1ccccc1OC(C)CNc1ccccc1OCCOc1ccccc1. The Morgan fingerprint density at radius 2 is 1.39 bits per heavy atom. The average molecular weight is 420 g/mol. The Labute approximate surface area is 186 Å². The molecule has 0 amide bonds. The number of hydrogen-bond donors (Lipinski definition) is 1. The molecule has 3 rings (SSSR count). The van der Waals surface area contributed by atoms with Gasteiger partial charge in [-0.05, 0) is 55.2 Å². The second kappa shape index (κ2) is 11.9. The van der Waals surface area contributed by atoms with E-state index in [4.69, 9.17) is 14.2 Å². The highest BCUT2D eigenvalue weighted by molar-refractivity contribution is 5.56. The molecule has 0 saturated heterocycles. The summed E-state index contributed by atoms with van der Waals surface area (Å²) in [6.07, 6.45) is 1.10. The van der Waals surface area contributed by atoms with Crippen LogP contribution in [0.1, 0.15) is 38.7 Å². The molecule has 2 atom stereocenters. The van der Waals surface area contributed by atoms with Crippen LogP contribution in [0.15, 0.2) is 78.9 Å². The van der Waals surface area contributed by atoms with Crippen molar-refractivity contribution in [3.8, 4) is 17.2 Å². The van der Waals surface area contributed by atoms with Crippen molar-refractivity contribution in [3.05, 3.63) is 84.4 Å². The van der Waals surface area contributed by atoms with E-state index in [-0.39, 0.29) is 6.10 Å². The molecule has 3 aromatic rings. The molecule has 0 heterocycles. The molecule has 1 N–H and O–H groups in total. The topological polar surface area (TPSA) is 39.7 Å². The van der Waals surface area contributed by atoms with E-state index in [1.54, 1.807) is 0 Å². The second-order valence-corrected chi connectivity index (χ2v) is 7.66. The Morgan fingerprint density at radius 1 is 0.742 bits per heavy atom. The van der Waals surface area contributed by atoms with Gasteiger partial charge in [0, 0.05) is 0 Å². The second-order valence-electron chi connectivity index (χ2n) is 7.66. The molecule has 0 bridgehead atoms. The van der Waals surface area contributed by atoms with E-state index in [2.05, 4.69) is 44.3 Å². The lowest BCUT2D eigenvalue weighted by Gasteiger charge is -2.21. The summed E-state index contributed by atoms with van der Waals surface area (Å²) >= 11 is 0. The van der Waals surface area contributed by atoms with Crippen LogP contribution in [0, 0.1) is 0 Å². The molecular formula is C27H33NO3. The molecular weight excluding hydrogens is 386 g/mol. The lowest BCUT2D eigenvalue weighted by Crippen LogP contribution is -2.23. The minimum atomic E-state index is 0.0136. The quantitative estimate of drug-likeness (QED) is 0.339. The lowest BCUT2D eigenvalue weighted by atomic mass is 9.98. The monoisotopic (exact) mass is 419 g/mol. The Bertz CT molecular complexity index is 913. The third kappa shape index (κ3) is 6.95. The van der Waals surface area contributed by atoms with Gasteiger partial charge in [0.25, 0.3) is 0 Å². The number of benzene rings is 3. The molecule has 0 radical (unpaired) electrons. The standard InChI is InChI=1S/C27H33NO3/c1-4-21(2)24-14-8-10-16-26(24)31-22(3)20-28-25-15-9-11-17-27(25)30-19-18-29-23-12-6-5-7-13-23/h5-17,21-22,28H,4,18-20H2,1-3H3. The minimum Gasteiger partial charge on any atom is -0.490 e. The van der Waals surface area contributed by atoms with E-state index in [9.17, 15) is 0 Å². The first-order valence-corrected chi connectivity index (χ1v) is 11.1. The Balaban J connectivity index is 1.50. The molecule has 0 aliphatic carbocycles. The molecule has 0 aromatic heterocycles. The average Bonchev–Trinajstić information content (AvgIpc) is 2.81. The number of nitrogens with one attached hydrogen (secondary N) is 1. The molecule has 0 aliphatic heterocycles. The first-order chi connectivity index (χ1) is 15.2. The molecule has 0 spiro atoms. The van der Waals surface area contributed by atoms with Crippen LogP contribution >= 0.6 is 0 Å². The molecule has 4 heteroatoms. The van der Waals surface area contributed by atoms with Crippen LogP contribution in [0.25, 0.3) is 0 Å². The van der Waals surface area contributed by atoms with E-state index in [0.717, 1.165) is 29.4 Å². The van der Waals surface area contributed by atoms with E-state index < -0.39 is 0 Å². The van der Waals surface area contributed by atoms with Gasteiger partial charge in [0.2, 0.25) is 0 Å². The zero-order valence-electron chi connectivity index (χ0n) is 18.7. The van der Waals surface area contributed by atoms with Gasteiger partial charge in [-0.1, -0.05) is 62.4 Å². The van der Waals surface area contributed by atoms with Crippen LogP contribution in [0.3, 0.4) is 0 Å². The predicted molar refractivity (Wildman–Crippen MR) is 128 cm³/mol. The molecule has 3 aromatic carbocycles. The number of para-hydroxylation sites is 4. The van der Waals surface area contributed by atoms with Crippen molar-refractivity contribution in [2.24, 2.45) is 0 Å². The summed E-state index contributed by atoms with van der Waals surface area (Å²) in [4.78, 5) is 0. The van der Waals surface area contributed by atoms with Gasteiger partial charge in [0.05, 0.1) is 12.2 Å². The number of rotatable bonds is 12. The van der Waals surface area contributed by atoms with E-state index in [1.807, 2.05) is 60.7 Å². The molecule has 0 aliphatic rings. The number of hydrogen-bond acceptors (Lipinski definition) is 4. The molecule has 31 heavy (non-hydrogen) atoms. The molecule has 2 unspecified atom stereocenters. The highest BCUT2D eigenvalue weighted by Crippen LogP contribution is 2.29. The maximum Gasteiger partial charge on any atom is 0.142 e. The number of ether oxygens (including phenoxy) is 3. The van der Waals surface area contributed by atoms with Crippen LogP contribution in [0.4, 0.5) is 5.69 Å². The van der Waals surface area contributed by atoms with Gasteiger partial charge >= 0.3 is 0 Å². The maximum atomic E-state index is 6.25. The highest BCUT2D eigenvalue weighted by Gasteiger charge is 2.13. The lowest BCUT2D eigenvalue weighted by molar-refractivity contribution is 0.217. The molecule has 4 nitrogen and oxygen atoms in total. The summed E-state index contributed by atoms with van der Waals surface area (Å²) in [6.45, 7) is 8.16. The number of anilines is 1. The minimum absolute atomic E-state index is 0.0136. The van der Waals surface area contributed by atoms with Crippen LogP contribution in [-0.4, -0.2) is 25.9 Å². The van der Waals surface area contributed by atoms with Crippen molar-refractivity contribution in [1.82, 2.24) is 0 Å². The van der Waals surface area contributed by atoms with Crippen LogP contribution in [0.5, 0.6) is 17.2 Å². The summed E-state index contributed by atoms with van der Waals surface area (Å²) in [5, 5.41) is 3.46. The smallest absolute Gasteiger partial charge is 0.142 e. The van der Waals surface area contributed by atoms with Crippen molar-refractivity contribution in [2.75, 3.05) is 25.1 Å². The van der Waals surface area contributed by atoms with Gasteiger partial charge in [0.15, 0.2) is 0 Å². The van der Waals surface area contributed by atoms with E-state index in [0.29, 0.717) is 25.7 Å². The van der Waals surface area contributed by atoms with Crippen molar-refractivity contribution < 1.29 is 14.2 Å². The molecule has 0 fully saturated rings. The molecule has 0 saturated carbocycles. The molecule has 164 valence electrons. The van der Waals surface area contributed by atoms with Crippen LogP contribution in [0.2, 0.25) is 0 Å². The van der Waals surface area contributed by atoms with Gasteiger partial charge < -0.3 is 19.5 Å². The highest BCUT2D eigenvalue weighted by atomic mass is 16.5. The summed E-state index contributed by atoms with van der Waals surface area (Å²) < 4.78 is 17.9. The third-order valence-corrected chi connectivity index (χ3v) is 5.21. The first kappa shape index (κ1) is 22.5. The van der Waals surface area contributed by atoms with Crippen molar-refractivity contribution in [2.45, 2.75) is 39.2 Å². The van der Waals surface area contributed by atoms with Crippen LogP contribution in [-0.2, 0) is 0 Å². The van der Waals surface area contributed by atoms with Gasteiger partial charge in [-0.25, -0.2) is 0 Å². The summed E-state index contributed by atoms with van der Waals surface area (Å²) in [5.41, 5.74) is 2.21. The maximum absolute atomic E-state index is 6.25. The van der Waals surface area contributed by atoms with Gasteiger partial charge in [-0.15, -0.1) is 0 Å².